The minimum absolute atomic E-state index is 0.572. The highest BCUT2D eigenvalue weighted by atomic mass is 79.9. The van der Waals surface area contributed by atoms with Crippen LogP contribution in [0.3, 0.4) is 0 Å². The average molecular weight is 398 g/mol. The number of nitrogens with zero attached hydrogens (tertiary/aromatic N) is 2. The van der Waals surface area contributed by atoms with E-state index < -0.39 is 0 Å². The number of nitrogens with one attached hydrogen (secondary N) is 1. The zero-order valence-electron chi connectivity index (χ0n) is 13.6. The predicted molar refractivity (Wildman–Crippen MR) is 99.3 cm³/mol. The smallest absolute Gasteiger partial charge is 0.203 e. The molecule has 7 heteroatoms. The van der Waals surface area contributed by atoms with Gasteiger partial charge in [-0.25, -0.2) is 4.98 Å². The SMILES string of the molecule is CCOc1cc(/C=N\Nc2nc(C)c(C)s2)cc(Br)c1OCC. The fraction of sp³-hybridized carbons (Fsp3) is 0.375. The molecule has 0 aliphatic carbocycles. The number of ether oxygens (including phenoxy) is 2. The first-order valence-corrected chi connectivity index (χ1v) is 8.98. The van der Waals surface area contributed by atoms with Crippen molar-refractivity contribution in [3.05, 3.63) is 32.7 Å². The first-order chi connectivity index (χ1) is 11.0. The number of halogens is 1. The van der Waals surface area contributed by atoms with Crippen LogP contribution in [0.1, 0.15) is 30.0 Å². The Hall–Kier alpha value is -1.60. The number of rotatable bonds is 7. The van der Waals surface area contributed by atoms with E-state index in [0.29, 0.717) is 24.7 Å². The van der Waals surface area contributed by atoms with Crippen molar-refractivity contribution in [3.8, 4) is 11.5 Å². The fourth-order valence-corrected chi connectivity index (χ4v) is 3.23. The molecule has 1 aromatic carbocycles. The number of hydrogen-bond donors (Lipinski definition) is 1. The Kier molecular flexibility index (Phi) is 6.41. The van der Waals surface area contributed by atoms with Crippen LogP contribution in [-0.4, -0.2) is 24.4 Å². The van der Waals surface area contributed by atoms with E-state index in [2.05, 4.69) is 31.4 Å². The summed E-state index contributed by atoms with van der Waals surface area (Å²) in [6, 6.07) is 3.85. The Bertz CT molecular complexity index is 681. The van der Waals surface area contributed by atoms with Crippen molar-refractivity contribution in [3.63, 3.8) is 0 Å². The van der Waals surface area contributed by atoms with Crippen LogP contribution in [0.15, 0.2) is 21.7 Å². The van der Waals surface area contributed by atoms with Crippen molar-refractivity contribution in [1.82, 2.24) is 4.98 Å². The molecule has 0 saturated heterocycles. The molecule has 0 aliphatic rings. The number of hydrazone groups is 1. The van der Waals surface area contributed by atoms with Crippen molar-refractivity contribution < 1.29 is 9.47 Å². The van der Waals surface area contributed by atoms with E-state index in [0.717, 1.165) is 20.9 Å². The molecule has 1 heterocycles. The highest BCUT2D eigenvalue weighted by Crippen LogP contribution is 2.36. The van der Waals surface area contributed by atoms with Crippen LogP contribution in [0.5, 0.6) is 11.5 Å². The van der Waals surface area contributed by atoms with E-state index in [1.165, 1.54) is 4.88 Å². The lowest BCUT2D eigenvalue weighted by molar-refractivity contribution is 0.286. The lowest BCUT2D eigenvalue weighted by Crippen LogP contribution is -2.00. The average Bonchev–Trinajstić information content (AvgIpc) is 2.81. The molecule has 0 unspecified atom stereocenters. The standard InChI is InChI=1S/C16H20BrN3O2S/c1-5-21-14-8-12(7-13(17)15(14)22-6-2)9-18-20-16-19-10(3)11(4)23-16/h7-9H,5-6H2,1-4H3,(H,19,20)/b18-9-. The van der Waals surface area contributed by atoms with E-state index in [4.69, 9.17) is 9.47 Å². The summed E-state index contributed by atoms with van der Waals surface area (Å²) in [5, 5.41) is 5.02. The summed E-state index contributed by atoms with van der Waals surface area (Å²) in [7, 11) is 0. The van der Waals surface area contributed by atoms with E-state index in [1.54, 1.807) is 17.6 Å². The maximum atomic E-state index is 5.65. The number of aryl methyl sites for hydroxylation is 2. The second-order valence-electron chi connectivity index (χ2n) is 4.73. The number of benzene rings is 1. The van der Waals surface area contributed by atoms with Crippen molar-refractivity contribution >= 4 is 38.6 Å². The molecule has 2 rings (SSSR count). The van der Waals surface area contributed by atoms with Gasteiger partial charge in [-0.15, -0.1) is 11.3 Å². The molecule has 124 valence electrons. The summed E-state index contributed by atoms with van der Waals surface area (Å²) in [6.07, 6.45) is 1.73. The Morgan fingerprint density at radius 1 is 1.26 bits per heavy atom. The van der Waals surface area contributed by atoms with E-state index >= 15 is 0 Å². The lowest BCUT2D eigenvalue weighted by atomic mass is 10.2. The molecule has 5 nitrogen and oxygen atoms in total. The normalized spacial score (nSPS) is 11.0. The van der Waals surface area contributed by atoms with E-state index in [1.807, 2.05) is 39.8 Å². The maximum Gasteiger partial charge on any atom is 0.203 e. The first kappa shape index (κ1) is 17.7. The molecule has 1 aromatic heterocycles. The number of anilines is 1. The van der Waals surface area contributed by atoms with Gasteiger partial charge in [0.15, 0.2) is 11.5 Å². The van der Waals surface area contributed by atoms with Crippen LogP contribution in [0.2, 0.25) is 0 Å². The molecule has 23 heavy (non-hydrogen) atoms. The highest BCUT2D eigenvalue weighted by molar-refractivity contribution is 9.10. The molecular formula is C16H20BrN3O2S. The summed E-state index contributed by atoms with van der Waals surface area (Å²) >= 11 is 5.10. The van der Waals surface area contributed by atoms with Gasteiger partial charge < -0.3 is 9.47 Å². The molecule has 2 aromatic rings. The van der Waals surface area contributed by atoms with Crippen LogP contribution in [0.4, 0.5) is 5.13 Å². The third-order valence-corrected chi connectivity index (χ3v) is 4.59. The summed E-state index contributed by atoms with van der Waals surface area (Å²) in [6.45, 7) is 9.07. The Labute approximate surface area is 148 Å². The molecule has 0 bridgehead atoms. The van der Waals surface area contributed by atoms with Gasteiger partial charge >= 0.3 is 0 Å². The van der Waals surface area contributed by atoms with Gasteiger partial charge in [-0.05, 0) is 61.3 Å². The molecule has 0 radical (unpaired) electrons. The molecule has 0 amide bonds. The lowest BCUT2D eigenvalue weighted by Gasteiger charge is -2.13. The van der Waals surface area contributed by atoms with Gasteiger partial charge in [-0.1, -0.05) is 0 Å². The Morgan fingerprint density at radius 2 is 2.00 bits per heavy atom. The number of aromatic nitrogens is 1. The fourth-order valence-electron chi connectivity index (χ4n) is 1.89. The third-order valence-electron chi connectivity index (χ3n) is 3.02. The highest BCUT2D eigenvalue weighted by Gasteiger charge is 2.11. The van der Waals surface area contributed by atoms with Crippen LogP contribution in [0, 0.1) is 13.8 Å². The zero-order chi connectivity index (χ0) is 16.8. The Balaban J connectivity index is 2.17. The van der Waals surface area contributed by atoms with E-state index in [-0.39, 0.29) is 0 Å². The molecule has 0 atom stereocenters. The first-order valence-electron chi connectivity index (χ1n) is 7.37. The number of thiazole rings is 1. The number of hydrogen-bond acceptors (Lipinski definition) is 6. The van der Waals surface area contributed by atoms with Gasteiger partial charge in [0.05, 0.1) is 29.6 Å². The summed E-state index contributed by atoms with van der Waals surface area (Å²) in [4.78, 5) is 5.57. The van der Waals surface area contributed by atoms with Crippen molar-refractivity contribution in [2.24, 2.45) is 5.10 Å². The topological polar surface area (TPSA) is 55.7 Å². The molecule has 0 saturated carbocycles. The van der Waals surface area contributed by atoms with Crippen molar-refractivity contribution in [1.29, 1.82) is 0 Å². The molecule has 0 fully saturated rings. The van der Waals surface area contributed by atoms with Crippen molar-refractivity contribution in [2.45, 2.75) is 27.7 Å². The Morgan fingerprint density at radius 3 is 2.61 bits per heavy atom. The van der Waals surface area contributed by atoms with Gasteiger partial charge in [0.2, 0.25) is 5.13 Å². The second kappa shape index (κ2) is 8.31. The summed E-state index contributed by atoms with van der Waals surface area (Å²) in [5.74, 6) is 1.41. The minimum atomic E-state index is 0.572. The monoisotopic (exact) mass is 397 g/mol. The minimum Gasteiger partial charge on any atom is -0.490 e. The summed E-state index contributed by atoms with van der Waals surface area (Å²) < 4.78 is 12.1. The van der Waals surface area contributed by atoms with Gasteiger partial charge in [-0.2, -0.15) is 5.10 Å². The molecule has 0 spiro atoms. The quantitative estimate of drug-likeness (QED) is 0.540. The molecule has 0 aliphatic heterocycles. The largest absolute Gasteiger partial charge is 0.490 e. The van der Waals surface area contributed by atoms with Gasteiger partial charge in [0.25, 0.3) is 0 Å². The van der Waals surface area contributed by atoms with Crippen LogP contribution in [-0.2, 0) is 0 Å². The molecule has 1 N–H and O–H groups in total. The van der Waals surface area contributed by atoms with Crippen LogP contribution >= 0.6 is 27.3 Å². The third kappa shape index (κ3) is 4.68. The second-order valence-corrected chi connectivity index (χ2v) is 6.78. The van der Waals surface area contributed by atoms with Gasteiger partial charge in [-0.3, -0.25) is 5.43 Å². The van der Waals surface area contributed by atoms with Crippen molar-refractivity contribution in [2.75, 3.05) is 18.6 Å². The molecular weight excluding hydrogens is 378 g/mol. The maximum absolute atomic E-state index is 5.65. The van der Waals surface area contributed by atoms with E-state index in [9.17, 15) is 0 Å². The zero-order valence-corrected chi connectivity index (χ0v) is 16.0. The van der Waals surface area contributed by atoms with Gasteiger partial charge in [0, 0.05) is 4.88 Å². The predicted octanol–water partition coefficient (Wildman–Crippen LogP) is 4.77. The van der Waals surface area contributed by atoms with Crippen LogP contribution in [0.25, 0.3) is 0 Å². The van der Waals surface area contributed by atoms with Gasteiger partial charge in [0.1, 0.15) is 0 Å². The summed E-state index contributed by atoms with van der Waals surface area (Å²) in [5.41, 5.74) is 4.88. The van der Waals surface area contributed by atoms with Crippen LogP contribution < -0.4 is 14.9 Å².